The zero-order chi connectivity index (χ0) is 13.0. The van der Waals surface area contributed by atoms with Crippen LogP contribution in [0, 0.1) is 17.1 Å². The smallest absolute Gasteiger partial charge is 0.161 e. The van der Waals surface area contributed by atoms with Gasteiger partial charge in [0.15, 0.2) is 5.82 Å². The summed E-state index contributed by atoms with van der Waals surface area (Å²) < 4.78 is 14.0. The molecule has 1 heterocycles. The summed E-state index contributed by atoms with van der Waals surface area (Å²) in [6.45, 7) is 0.387. The van der Waals surface area contributed by atoms with Crippen molar-refractivity contribution in [3.05, 3.63) is 52.3 Å². The zero-order valence-corrected chi connectivity index (χ0v) is 10.8. The van der Waals surface area contributed by atoms with Gasteiger partial charge in [0.05, 0.1) is 28.0 Å². The number of hydrogen-bond donors (Lipinski definition) is 1. The molecule has 0 radical (unpaired) electrons. The standard InChI is InChI=1S/C12H8BrFN4/c13-11-8(5-15)1-2-10(12(11)14)17-6-9-3-4-16-7-18-9/h1-4,7,17H,6H2. The molecule has 0 atom stereocenters. The summed E-state index contributed by atoms with van der Waals surface area (Å²) in [6, 6.07) is 6.72. The molecule has 1 aromatic heterocycles. The predicted octanol–water partition coefficient (Wildman–Crippen LogP) is 2.86. The maximum atomic E-state index is 13.9. The van der Waals surface area contributed by atoms with Crippen molar-refractivity contribution in [2.45, 2.75) is 6.54 Å². The van der Waals surface area contributed by atoms with Gasteiger partial charge in [0.25, 0.3) is 0 Å². The molecule has 0 aliphatic heterocycles. The van der Waals surface area contributed by atoms with Gasteiger partial charge in [-0.15, -0.1) is 0 Å². The second-order valence-electron chi connectivity index (χ2n) is 3.45. The van der Waals surface area contributed by atoms with E-state index in [0.717, 1.165) is 5.69 Å². The third-order valence-electron chi connectivity index (χ3n) is 2.31. The van der Waals surface area contributed by atoms with Crippen LogP contribution < -0.4 is 5.32 Å². The molecule has 0 aliphatic carbocycles. The monoisotopic (exact) mass is 306 g/mol. The highest BCUT2D eigenvalue weighted by atomic mass is 79.9. The minimum Gasteiger partial charge on any atom is -0.377 e. The molecule has 4 nitrogen and oxygen atoms in total. The fraction of sp³-hybridized carbons (Fsp3) is 0.0833. The Morgan fingerprint density at radius 3 is 2.89 bits per heavy atom. The van der Waals surface area contributed by atoms with Gasteiger partial charge < -0.3 is 5.32 Å². The minimum atomic E-state index is -0.483. The first-order valence-electron chi connectivity index (χ1n) is 5.09. The lowest BCUT2D eigenvalue weighted by Gasteiger charge is -2.08. The number of benzene rings is 1. The van der Waals surface area contributed by atoms with Crippen LogP contribution in [0.15, 0.2) is 35.2 Å². The summed E-state index contributed by atoms with van der Waals surface area (Å²) in [5.41, 5.74) is 1.34. The van der Waals surface area contributed by atoms with Crippen LogP contribution in [0.5, 0.6) is 0 Å². The molecule has 0 bridgehead atoms. The first-order chi connectivity index (χ1) is 8.72. The van der Waals surface area contributed by atoms with Crippen LogP contribution in [-0.2, 0) is 6.54 Å². The normalized spacial score (nSPS) is 9.83. The van der Waals surface area contributed by atoms with Crippen molar-refractivity contribution in [3.63, 3.8) is 0 Å². The van der Waals surface area contributed by atoms with Gasteiger partial charge in [-0.05, 0) is 34.1 Å². The van der Waals surface area contributed by atoms with E-state index in [1.165, 1.54) is 12.4 Å². The van der Waals surface area contributed by atoms with Gasteiger partial charge in [-0.3, -0.25) is 0 Å². The van der Waals surface area contributed by atoms with E-state index < -0.39 is 5.82 Å². The van der Waals surface area contributed by atoms with Crippen LogP contribution in [0.3, 0.4) is 0 Å². The van der Waals surface area contributed by atoms with Crippen LogP contribution in [0.25, 0.3) is 0 Å². The summed E-state index contributed by atoms with van der Waals surface area (Å²) in [5, 5.41) is 11.7. The fourth-order valence-electron chi connectivity index (χ4n) is 1.38. The molecular weight excluding hydrogens is 299 g/mol. The highest BCUT2D eigenvalue weighted by Crippen LogP contribution is 2.26. The topological polar surface area (TPSA) is 61.6 Å². The van der Waals surface area contributed by atoms with Gasteiger partial charge in [0, 0.05) is 6.20 Å². The Morgan fingerprint density at radius 1 is 1.39 bits per heavy atom. The van der Waals surface area contributed by atoms with Crippen molar-refractivity contribution in [1.82, 2.24) is 9.97 Å². The number of halogens is 2. The van der Waals surface area contributed by atoms with Crippen molar-refractivity contribution in [1.29, 1.82) is 5.26 Å². The van der Waals surface area contributed by atoms with Gasteiger partial charge in [-0.2, -0.15) is 5.26 Å². The zero-order valence-electron chi connectivity index (χ0n) is 9.19. The van der Waals surface area contributed by atoms with Gasteiger partial charge >= 0.3 is 0 Å². The largest absolute Gasteiger partial charge is 0.377 e. The molecule has 0 saturated carbocycles. The van der Waals surface area contributed by atoms with Crippen molar-refractivity contribution < 1.29 is 4.39 Å². The van der Waals surface area contributed by atoms with Crippen LogP contribution in [0.4, 0.5) is 10.1 Å². The fourth-order valence-corrected chi connectivity index (χ4v) is 1.82. The van der Waals surface area contributed by atoms with E-state index in [-0.39, 0.29) is 10.0 Å². The van der Waals surface area contributed by atoms with E-state index in [9.17, 15) is 4.39 Å². The molecule has 1 N–H and O–H groups in total. The third-order valence-corrected chi connectivity index (χ3v) is 3.08. The number of nitrogens with zero attached hydrogens (tertiary/aromatic N) is 3. The Bertz CT molecular complexity index is 595. The molecule has 6 heteroatoms. The first kappa shape index (κ1) is 12.5. The number of anilines is 1. The predicted molar refractivity (Wildman–Crippen MR) is 68.2 cm³/mol. The maximum absolute atomic E-state index is 13.9. The van der Waals surface area contributed by atoms with Crippen molar-refractivity contribution in [2.75, 3.05) is 5.32 Å². The van der Waals surface area contributed by atoms with E-state index in [1.54, 1.807) is 18.3 Å². The molecule has 2 aromatic rings. The highest BCUT2D eigenvalue weighted by Gasteiger charge is 2.10. The Morgan fingerprint density at radius 2 is 2.22 bits per heavy atom. The van der Waals surface area contributed by atoms with Gasteiger partial charge in [-0.1, -0.05) is 0 Å². The minimum absolute atomic E-state index is 0.165. The molecule has 0 fully saturated rings. The molecule has 0 unspecified atom stereocenters. The summed E-state index contributed by atoms with van der Waals surface area (Å²) >= 11 is 3.05. The second kappa shape index (κ2) is 5.56. The number of aromatic nitrogens is 2. The van der Waals surface area contributed by atoms with E-state index in [2.05, 4.69) is 31.2 Å². The Kier molecular flexibility index (Phi) is 3.85. The van der Waals surface area contributed by atoms with E-state index in [1.807, 2.05) is 6.07 Å². The van der Waals surface area contributed by atoms with Crippen molar-refractivity contribution >= 4 is 21.6 Å². The second-order valence-corrected chi connectivity index (χ2v) is 4.25. The molecule has 1 aromatic carbocycles. The van der Waals surface area contributed by atoms with Crippen LogP contribution >= 0.6 is 15.9 Å². The molecule has 2 rings (SSSR count). The van der Waals surface area contributed by atoms with Gasteiger partial charge in [0.1, 0.15) is 12.4 Å². The Hall–Kier alpha value is -2.00. The molecule has 0 amide bonds. The quantitative estimate of drug-likeness (QED) is 0.947. The lowest BCUT2D eigenvalue weighted by Crippen LogP contribution is -2.04. The molecule has 90 valence electrons. The summed E-state index contributed by atoms with van der Waals surface area (Å²) in [4.78, 5) is 7.82. The number of rotatable bonds is 3. The highest BCUT2D eigenvalue weighted by molar-refractivity contribution is 9.10. The van der Waals surface area contributed by atoms with E-state index in [0.29, 0.717) is 12.2 Å². The number of nitriles is 1. The maximum Gasteiger partial charge on any atom is 0.161 e. The SMILES string of the molecule is N#Cc1ccc(NCc2ccncn2)c(F)c1Br. The van der Waals surface area contributed by atoms with Crippen LogP contribution in [0.1, 0.15) is 11.3 Å². The molecule has 0 saturated heterocycles. The van der Waals surface area contributed by atoms with E-state index >= 15 is 0 Å². The molecule has 0 spiro atoms. The number of hydrogen-bond acceptors (Lipinski definition) is 4. The molecule has 0 aliphatic rings. The van der Waals surface area contributed by atoms with Crippen molar-refractivity contribution in [3.8, 4) is 6.07 Å². The Balaban J connectivity index is 2.16. The molecular formula is C12H8BrFN4. The average Bonchev–Trinajstić information content (AvgIpc) is 2.42. The van der Waals surface area contributed by atoms with Gasteiger partial charge in [-0.25, -0.2) is 14.4 Å². The summed E-state index contributed by atoms with van der Waals surface area (Å²) in [6.07, 6.45) is 3.05. The molecule has 18 heavy (non-hydrogen) atoms. The van der Waals surface area contributed by atoms with E-state index in [4.69, 9.17) is 5.26 Å². The van der Waals surface area contributed by atoms with Crippen LogP contribution in [0.2, 0.25) is 0 Å². The van der Waals surface area contributed by atoms with Gasteiger partial charge in [0.2, 0.25) is 0 Å². The summed E-state index contributed by atoms with van der Waals surface area (Å²) in [5.74, 6) is -0.483. The first-order valence-corrected chi connectivity index (χ1v) is 5.88. The average molecular weight is 307 g/mol. The van der Waals surface area contributed by atoms with Crippen LogP contribution in [-0.4, -0.2) is 9.97 Å². The number of nitrogens with one attached hydrogen (secondary N) is 1. The Labute approximate surface area is 112 Å². The lowest BCUT2D eigenvalue weighted by atomic mass is 10.2. The summed E-state index contributed by atoms with van der Waals surface area (Å²) in [7, 11) is 0. The lowest BCUT2D eigenvalue weighted by molar-refractivity contribution is 0.622. The third kappa shape index (κ3) is 2.63. The van der Waals surface area contributed by atoms with Crippen molar-refractivity contribution in [2.24, 2.45) is 0 Å².